The highest BCUT2D eigenvalue weighted by Gasteiger charge is 2.20. The Morgan fingerprint density at radius 2 is 1.91 bits per heavy atom. The maximum Gasteiger partial charge on any atom is 0.239 e. The monoisotopic (exact) mass is 159 g/mol. The topological polar surface area (TPSA) is 67.2 Å². The maximum atomic E-state index is 11.1. The molecule has 0 saturated heterocycles. The van der Waals surface area contributed by atoms with E-state index < -0.39 is 0 Å². The van der Waals surface area contributed by atoms with Crippen LogP contribution in [0.4, 0.5) is 0 Å². The van der Waals surface area contributed by atoms with Crippen molar-refractivity contribution in [2.45, 2.75) is 33.9 Å². The van der Waals surface area contributed by atoms with Gasteiger partial charge in [-0.3, -0.25) is 10.2 Å². The van der Waals surface area contributed by atoms with E-state index in [1.54, 1.807) is 6.92 Å². The second-order valence-electron chi connectivity index (χ2n) is 3.64. The van der Waals surface area contributed by atoms with Crippen molar-refractivity contribution in [3.63, 3.8) is 0 Å². The number of hydrogen-bond donors (Lipinski definition) is 3. The van der Waals surface area contributed by atoms with Crippen molar-refractivity contribution in [1.82, 2.24) is 10.9 Å². The van der Waals surface area contributed by atoms with E-state index in [0.29, 0.717) is 0 Å². The highest BCUT2D eigenvalue weighted by atomic mass is 16.2. The lowest BCUT2D eigenvalue weighted by atomic mass is 9.96. The number of hydrogen-bond acceptors (Lipinski definition) is 3. The number of carbonyl (C=O) groups is 1. The molecule has 4 heteroatoms. The molecule has 1 atom stereocenters. The standard InChI is InChI=1S/C7H17N3O/c1-5(8)9-10-6(11)7(2,3)4/h5,9H,8H2,1-4H3,(H,10,11). The fraction of sp³-hybridized carbons (Fsp3) is 0.857. The number of nitrogens with two attached hydrogens (primary N) is 1. The Bertz CT molecular complexity index is 137. The first-order valence-corrected chi connectivity index (χ1v) is 3.65. The predicted octanol–water partition coefficient (Wildman–Crippen LogP) is -0.0420. The maximum absolute atomic E-state index is 11.1. The van der Waals surface area contributed by atoms with Crippen LogP contribution >= 0.6 is 0 Å². The number of nitrogens with one attached hydrogen (secondary N) is 2. The molecule has 0 saturated carbocycles. The third-order valence-corrected chi connectivity index (χ3v) is 1.09. The van der Waals surface area contributed by atoms with E-state index in [4.69, 9.17) is 5.73 Å². The van der Waals surface area contributed by atoms with Gasteiger partial charge in [-0.25, -0.2) is 5.43 Å². The van der Waals surface area contributed by atoms with E-state index in [1.165, 1.54) is 0 Å². The van der Waals surface area contributed by atoms with Gasteiger partial charge in [-0.1, -0.05) is 20.8 Å². The molecule has 1 unspecified atom stereocenters. The Balaban J connectivity index is 3.71. The van der Waals surface area contributed by atoms with Gasteiger partial charge in [-0.2, -0.15) is 0 Å². The normalized spacial score (nSPS) is 14.3. The Hall–Kier alpha value is -0.610. The fourth-order valence-electron chi connectivity index (χ4n) is 0.367. The van der Waals surface area contributed by atoms with E-state index >= 15 is 0 Å². The van der Waals surface area contributed by atoms with Crippen molar-refractivity contribution < 1.29 is 4.79 Å². The van der Waals surface area contributed by atoms with Crippen molar-refractivity contribution >= 4 is 5.91 Å². The lowest BCUT2D eigenvalue weighted by molar-refractivity contribution is -0.129. The second kappa shape index (κ2) is 3.69. The van der Waals surface area contributed by atoms with Gasteiger partial charge in [0.2, 0.25) is 5.91 Å². The summed E-state index contributed by atoms with van der Waals surface area (Å²) in [4.78, 5) is 11.1. The molecule has 4 nitrogen and oxygen atoms in total. The summed E-state index contributed by atoms with van der Waals surface area (Å²) < 4.78 is 0. The largest absolute Gasteiger partial charge is 0.315 e. The van der Waals surface area contributed by atoms with Gasteiger partial charge < -0.3 is 5.73 Å². The first kappa shape index (κ1) is 10.4. The van der Waals surface area contributed by atoms with Gasteiger partial charge in [-0.15, -0.1) is 0 Å². The summed E-state index contributed by atoms with van der Waals surface area (Å²) in [6.45, 7) is 7.27. The van der Waals surface area contributed by atoms with Crippen molar-refractivity contribution in [3.8, 4) is 0 Å². The van der Waals surface area contributed by atoms with Crippen LogP contribution in [0.1, 0.15) is 27.7 Å². The number of carbonyl (C=O) groups excluding carboxylic acids is 1. The summed E-state index contributed by atoms with van der Waals surface area (Å²) in [6.07, 6.45) is -0.221. The minimum absolute atomic E-state index is 0.0604. The van der Waals surface area contributed by atoms with Crippen LogP contribution in [0.2, 0.25) is 0 Å². The SMILES string of the molecule is CC(N)NNC(=O)C(C)(C)C. The van der Waals surface area contributed by atoms with Gasteiger partial charge in [0.1, 0.15) is 0 Å². The zero-order valence-corrected chi connectivity index (χ0v) is 7.56. The van der Waals surface area contributed by atoms with Crippen molar-refractivity contribution in [2.75, 3.05) is 0 Å². The minimum atomic E-state index is -0.373. The Labute approximate surface area is 67.5 Å². The van der Waals surface area contributed by atoms with Crippen LogP contribution in [0.3, 0.4) is 0 Å². The van der Waals surface area contributed by atoms with E-state index in [-0.39, 0.29) is 17.5 Å². The first-order chi connectivity index (χ1) is 4.84. The molecule has 0 aromatic heterocycles. The van der Waals surface area contributed by atoms with Crippen LogP contribution in [0.5, 0.6) is 0 Å². The molecular weight excluding hydrogens is 142 g/mol. The van der Waals surface area contributed by atoms with Gasteiger partial charge >= 0.3 is 0 Å². The van der Waals surface area contributed by atoms with Gasteiger partial charge in [0, 0.05) is 5.41 Å². The molecule has 0 bridgehead atoms. The lowest BCUT2D eigenvalue weighted by Gasteiger charge is -2.19. The smallest absolute Gasteiger partial charge is 0.239 e. The van der Waals surface area contributed by atoms with Crippen LogP contribution in [0.25, 0.3) is 0 Å². The number of rotatable bonds is 2. The molecule has 1 amide bonds. The molecule has 0 aromatic carbocycles. The van der Waals surface area contributed by atoms with Gasteiger partial charge in [-0.05, 0) is 6.92 Å². The van der Waals surface area contributed by atoms with Crippen molar-refractivity contribution in [2.24, 2.45) is 11.1 Å². The van der Waals surface area contributed by atoms with Crippen molar-refractivity contribution in [1.29, 1.82) is 0 Å². The van der Waals surface area contributed by atoms with Crippen LogP contribution < -0.4 is 16.6 Å². The summed E-state index contributed by atoms with van der Waals surface area (Å²) in [6, 6.07) is 0. The summed E-state index contributed by atoms with van der Waals surface area (Å²) >= 11 is 0. The third kappa shape index (κ3) is 4.75. The van der Waals surface area contributed by atoms with Crippen LogP contribution in [0.15, 0.2) is 0 Å². The molecular formula is C7H17N3O. The molecule has 0 aliphatic rings. The first-order valence-electron chi connectivity index (χ1n) is 3.65. The molecule has 0 radical (unpaired) electrons. The predicted molar refractivity (Wildman–Crippen MR) is 44.4 cm³/mol. The highest BCUT2D eigenvalue weighted by molar-refractivity contribution is 5.80. The van der Waals surface area contributed by atoms with Gasteiger partial charge in [0.05, 0.1) is 6.17 Å². The van der Waals surface area contributed by atoms with Gasteiger partial charge in [0.25, 0.3) is 0 Å². The Morgan fingerprint density at radius 1 is 1.45 bits per heavy atom. The van der Waals surface area contributed by atoms with Crippen molar-refractivity contribution in [3.05, 3.63) is 0 Å². The van der Waals surface area contributed by atoms with Crippen LogP contribution in [-0.4, -0.2) is 12.1 Å². The zero-order chi connectivity index (χ0) is 9.07. The fourth-order valence-corrected chi connectivity index (χ4v) is 0.367. The quantitative estimate of drug-likeness (QED) is 0.391. The third-order valence-electron chi connectivity index (χ3n) is 1.09. The molecule has 11 heavy (non-hydrogen) atoms. The van der Waals surface area contributed by atoms with E-state index in [9.17, 15) is 4.79 Å². The highest BCUT2D eigenvalue weighted by Crippen LogP contribution is 2.11. The number of amides is 1. The molecule has 0 aliphatic carbocycles. The molecule has 66 valence electrons. The molecule has 4 N–H and O–H groups in total. The van der Waals surface area contributed by atoms with Crippen LogP contribution in [-0.2, 0) is 4.79 Å². The number of hydrazine groups is 1. The molecule has 0 fully saturated rings. The average molecular weight is 159 g/mol. The summed E-state index contributed by atoms with van der Waals surface area (Å²) in [5.41, 5.74) is 10.1. The molecule has 0 aromatic rings. The van der Waals surface area contributed by atoms with Crippen LogP contribution in [0, 0.1) is 5.41 Å². The van der Waals surface area contributed by atoms with Gasteiger partial charge in [0.15, 0.2) is 0 Å². The second-order valence-corrected chi connectivity index (χ2v) is 3.64. The molecule has 0 heterocycles. The zero-order valence-electron chi connectivity index (χ0n) is 7.56. The lowest BCUT2D eigenvalue weighted by Crippen LogP contribution is -2.50. The molecule has 0 aliphatic heterocycles. The average Bonchev–Trinajstić information content (AvgIpc) is 1.80. The van der Waals surface area contributed by atoms with E-state index in [1.807, 2.05) is 20.8 Å². The molecule has 0 spiro atoms. The summed E-state index contributed by atoms with van der Waals surface area (Å²) in [5, 5.41) is 0. The van der Waals surface area contributed by atoms with E-state index in [2.05, 4.69) is 10.9 Å². The van der Waals surface area contributed by atoms with E-state index in [0.717, 1.165) is 0 Å². The minimum Gasteiger partial charge on any atom is -0.315 e. The Kier molecular flexibility index (Phi) is 3.48. The summed E-state index contributed by atoms with van der Waals surface area (Å²) in [7, 11) is 0. The molecule has 0 rings (SSSR count). The summed E-state index contributed by atoms with van der Waals surface area (Å²) in [5.74, 6) is -0.0604. The Morgan fingerprint density at radius 3 is 2.18 bits per heavy atom.